The number of amides is 1. The van der Waals surface area contributed by atoms with Crippen molar-refractivity contribution >= 4 is 35.3 Å². The second kappa shape index (κ2) is 11.5. The van der Waals surface area contributed by atoms with Crippen molar-refractivity contribution in [3.63, 3.8) is 0 Å². The highest BCUT2D eigenvalue weighted by Gasteiger charge is 2.52. The lowest BCUT2D eigenvalue weighted by Gasteiger charge is -2.32. The number of aromatic nitrogens is 3. The maximum absolute atomic E-state index is 15.2. The highest BCUT2D eigenvalue weighted by molar-refractivity contribution is 7.76. The molecule has 1 saturated carbocycles. The van der Waals surface area contributed by atoms with E-state index in [0.29, 0.717) is 39.8 Å². The molecule has 2 fully saturated rings. The van der Waals surface area contributed by atoms with Gasteiger partial charge in [0.15, 0.2) is 0 Å². The third-order valence-electron chi connectivity index (χ3n) is 8.90. The van der Waals surface area contributed by atoms with Crippen LogP contribution >= 0.6 is 0 Å². The van der Waals surface area contributed by atoms with Gasteiger partial charge in [-0.05, 0) is 93.8 Å². The van der Waals surface area contributed by atoms with E-state index in [2.05, 4.69) is 10.1 Å². The minimum atomic E-state index is -2.29. The molecule has 1 atom stereocenters. The lowest BCUT2D eigenvalue weighted by atomic mass is 9.78. The number of pyridine rings is 2. The zero-order valence-electron chi connectivity index (χ0n) is 25.1. The summed E-state index contributed by atoms with van der Waals surface area (Å²) >= 11 is -2.29. The lowest BCUT2D eigenvalue weighted by Crippen LogP contribution is -2.41. The van der Waals surface area contributed by atoms with E-state index < -0.39 is 41.3 Å². The van der Waals surface area contributed by atoms with Crippen molar-refractivity contribution in [1.29, 1.82) is 0 Å². The minimum absolute atomic E-state index is 0.162. The van der Waals surface area contributed by atoms with Crippen molar-refractivity contribution in [2.24, 2.45) is 5.73 Å². The molecule has 1 saturated heterocycles. The highest BCUT2D eigenvalue weighted by atomic mass is 32.2. The number of carbonyl (C=O) groups excluding carboxylic acids is 1. The molecule has 3 aromatic heterocycles. The zero-order chi connectivity index (χ0) is 31.4. The van der Waals surface area contributed by atoms with Crippen LogP contribution in [0.4, 0.5) is 4.39 Å². The van der Waals surface area contributed by atoms with Crippen molar-refractivity contribution in [2.75, 3.05) is 6.54 Å². The molecule has 230 valence electrons. The predicted octanol–water partition coefficient (Wildman–Crippen LogP) is 3.99. The van der Waals surface area contributed by atoms with Gasteiger partial charge in [-0.1, -0.05) is 12.1 Å². The van der Waals surface area contributed by atoms with E-state index in [1.54, 1.807) is 47.4 Å². The van der Waals surface area contributed by atoms with Crippen LogP contribution in [0.5, 0.6) is 0 Å². The number of rotatable bonds is 10. The molecular formula is C31H35BFN5O5S. The van der Waals surface area contributed by atoms with Crippen LogP contribution in [0.25, 0.3) is 16.8 Å². The Morgan fingerprint density at radius 1 is 1.16 bits per heavy atom. The number of halogens is 1. The molecule has 0 radical (unpaired) electrons. The molecule has 1 unspecified atom stereocenters. The first-order chi connectivity index (χ1) is 20.8. The third-order valence-corrected chi connectivity index (χ3v) is 9.65. The molecule has 4 heterocycles. The molecule has 4 aromatic rings. The Kier molecular flexibility index (Phi) is 7.95. The van der Waals surface area contributed by atoms with Crippen LogP contribution in [0.15, 0.2) is 55.0 Å². The summed E-state index contributed by atoms with van der Waals surface area (Å²) in [6.45, 7) is 8.02. The van der Waals surface area contributed by atoms with Crippen LogP contribution in [-0.4, -0.2) is 58.4 Å². The van der Waals surface area contributed by atoms with E-state index in [9.17, 15) is 13.6 Å². The molecule has 44 heavy (non-hydrogen) atoms. The summed E-state index contributed by atoms with van der Waals surface area (Å²) < 4.78 is 53.0. The highest BCUT2D eigenvalue weighted by Crippen LogP contribution is 2.43. The maximum Gasteiger partial charge on any atom is 0.497 e. The maximum atomic E-state index is 15.2. The number of nitrogens with zero attached hydrogens (tertiary/aromatic N) is 4. The van der Waals surface area contributed by atoms with E-state index in [-0.39, 0.29) is 19.0 Å². The van der Waals surface area contributed by atoms with Crippen molar-refractivity contribution < 1.29 is 27.3 Å². The second-order valence-electron chi connectivity index (χ2n) is 12.5. The molecule has 1 aliphatic heterocycles. The normalized spacial score (nSPS) is 18.3. The Balaban J connectivity index is 1.24. The number of hydrogen-bond acceptors (Lipinski definition) is 6. The van der Waals surface area contributed by atoms with Gasteiger partial charge in [-0.25, -0.2) is 13.1 Å². The zero-order valence-corrected chi connectivity index (χ0v) is 25.9. The van der Waals surface area contributed by atoms with Crippen molar-refractivity contribution in [1.82, 2.24) is 18.9 Å². The summed E-state index contributed by atoms with van der Waals surface area (Å²) in [4.78, 5) is 16.6. The van der Waals surface area contributed by atoms with Gasteiger partial charge in [0.05, 0.1) is 22.3 Å². The van der Waals surface area contributed by atoms with Crippen molar-refractivity contribution in [3.8, 4) is 11.3 Å². The molecular weight excluding hydrogens is 584 g/mol. The van der Waals surface area contributed by atoms with Gasteiger partial charge in [0.1, 0.15) is 11.5 Å². The SMILES string of the molecule is CC1(C)OB(c2ccc(CCN(Cc3cn4nc(-c5ccncc5)c(C(N)=O)c4cc3C3CC3)S(=O)O)cc2F)OC1(C)C. The molecule has 6 rings (SSSR count). The molecule has 1 aliphatic carbocycles. The largest absolute Gasteiger partial charge is 0.497 e. The van der Waals surface area contributed by atoms with Crippen LogP contribution in [-0.2, 0) is 33.5 Å². The predicted molar refractivity (Wildman–Crippen MR) is 166 cm³/mol. The van der Waals surface area contributed by atoms with Crippen LogP contribution in [0.1, 0.15) is 73.5 Å². The smallest absolute Gasteiger partial charge is 0.399 e. The Morgan fingerprint density at radius 2 is 1.84 bits per heavy atom. The van der Waals surface area contributed by atoms with Gasteiger partial charge in [-0.3, -0.25) is 14.3 Å². The van der Waals surface area contributed by atoms with Gasteiger partial charge in [-0.15, -0.1) is 0 Å². The Labute approximate surface area is 258 Å². The molecule has 1 aromatic carbocycles. The number of benzene rings is 1. The monoisotopic (exact) mass is 619 g/mol. The summed E-state index contributed by atoms with van der Waals surface area (Å²) in [5.74, 6) is -0.759. The number of nitrogens with two attached hydrogens (primary N) is 1. The van der Waals surface area contributed by atoms with Crippen molar-refractivity contribution in [2.45, 2.75) is 70.6 Å². The number of hydrogen-bond donors (Lipinski definition) is 2. The van der Waals surface area contributed by atoms with Gasteiger partial charge in [0.2, 0.25) is 11.3 Å². The van der Waals surface area contributed by atoms with Crippen LogP contribution in [0.3, 0.4) is 0 Å². The van der Waals surface area contributed by atoms with E-state index in [1.165, 1.54) is 10.4 Å². The quantitative estimate of drug-likeness (QED) is 0.203. The molecule has 3 N–H and O–H groups in total. The van der Waals surface area contributed by atoms with Crippen LogP contribution in [0, 0.1) is 5.82 Å². The first-order valence-electron chi connectivity index (χ1n) is 14.6. The van der Waals surface area contributed by atoms with Crippen molar-refractivity contribution in [3.05, 3.63) is 83.1 Å². The lowest BCUT2D eigenvalue weighted by molar-refractivity contribution is 0.00578. The van der Waals surface area contributed by atoms with E-state index in [1.807, 2.05) is 33.8 Å². The Bertz CT molecular complexity index is 1750. The summed E-state index contributed by atoms with van der Waals surface area (Å²) in [6.07, 6.45) is 7.36. The van der Waals surface area contributed by atoms with E-state index in [4.69, 9.17) is 15.0 Å². The van der Waals surface area contributed by atoms with E-state index in [0.717, 1.165) is 24.0 Å². The molecule has 13 heteroatoms. The topological polar surface area (TPSA) is 132 Å². The van der Waals surface area contributed by atoms with Crippen LogP contribution < -0.4 is 11.2 Å². The molecule has 0 bridgehead atoms. The number of fused-ring (bicyclic) bond motifs is 1. The standard InChI is InChI=1S/C31H35BFN5O5S/c1-30(2)31(3,4)43-32(42-30)24-8-5-19(15-25(24)33)11-14-37(44(40)41)17-22-18-38-26(16-23(22)20-6-7-20)27(29(34)39)28(36-38)21-9-12-35-13-10-21/h5,8-10,12-13,15-16,18,20H,6-7,11,14,17H2,1-4H3,(H2,34,39)(H,40,41). The average molecular weight is 620 g/mol. The van der Waals surface area contributed by atoms with Crippen LogP contribution in [0.2, 0.25) is 0 Å². The van der Waals surface area contributed by atoms with Gasteiger partial charge in [0.25, 0.3) is 5.91 Å². The van der Waals surface area contributed by atoms with Gasteiger partial charge in [0, 0.05) is 42.7 Å². The molecule has 2 aliphatic rings. The van der Waals surface area contributed by atoms with Gasteiger partial charge in [-0.2, -0.15) is 9.40 Å². The second-order valence-corrected chi connectivity index (χ2v) is 13.4. The molecule has 1 amide bonds. The molecule has 10 nitrogen and oxygen atoms in total. The number of primary amides is 1. The summed E-state index contributed by atoms with van der Waals surface area (Å²) in [5, 5.41) is 4.67. The summed E-state index contributed by atoms with van der Waals surface area (Å²) in [6, 6.07) is 10.3. The van der Waals surface area contributed by atoms with Gasteiger partial charge < -0.3 is 15.0 Å². The fourth-order valence-corrected chi connectivity index (χ4v) is 6.05. The Morgan fingerprint density at radius 3 is 2.43 bits per heavy atom. The molecule has 0 spiro atoms. The van der Waals surface area contributed by atoms with E-state index >= 15 is 4.39 Å². The fourth-order valence-electron chi connectivity index (χ4n) is 5.55. The number of carbonyl (C=O) groups is 1. The summed E-state index contributed by atoms with van der Waals surface area (Å²) in [5.41, 5.74) is 9.51. The first-order valence-corrected chi connectivity index (χ1v) is 15.7. The minimum Gasteiger partial charge on any atom is -0.399 e. The van der Waals surface area contributed by atoms with Gasteiger partial charge >= 0.3 is 7.12 Å². The fraction of sp³-hybridized carbons (Fsp3) is 0.387. The first kappa shape index (κ1) is 30.5. The average Bonchev–Trinajstić information content (AvgIpc) is 3.69. The Hall–Kier alpha value is -3.49. The summed E-state index contributed by atoms with van der Waals surface area (Å²) in [7, 11) is -0.817. The third kappa shape index (κ3) is 5.82.